The molecule has 20 heavy (non-hydrogen) atoms. The highest BCUT2D eigenvalue weighted by atomic mass is 79.9. The summed E-state index contributed by atoms with van der Waals surface area (Å²) in [6.45, 7) is 0.344. The van der Waals surface area contributed by atoms with Crippen LogP contribution < -0.4 is 10.5 Å². The van der Waals surface area contributed by atoms with Gasteiger partial charge in [-0.2, -0.15) is 0 Å². The van der Waals surface area contributed by atoms with Crippen LogP contribution in [0.25, 0.3) is 0 Å². The number of thiophene rings is 1. The van der Waals surface area contributed by atoms with E-state index in [2.05, 4.69) is 36.6 Å². The zero-order valence-corrected chi connectivity index (χ0v) is 15.1. The lowest BCUT2D eigenvalue weighted by Gasteiger charge is -2.08. The van der Waals surface area contributed by atoms with Crippen LogP contribution in [0.15, 0.2) is 43.5 Å². The van der Waals surface area contributed by atoms with Crippen molar-refractivity contribution in [1.82, 2.24) is 4.72 Å². The molecule has 1 heterocycles. The van der Waals surface area contributed by atoms with Crippen molar-refractivity contribution in [3.8, 4) is 0 Å². The number of nitrogens with one attached hydrogen (secondary N) is 1. The van der Waals surface area contributed by atoms with Crippen LogP contribution in [-0.2, 0) is 16.4 Å². The zero-order valence-electron chi connectivity index (χ0n) is 10.3. The standard InChI is InChI=1S/C12H12Br2N2O2S2/c13-10-3-1-8(15)7-11(10)20(17,18)16-6-5-9-2-4-12(14)19-9/h1-4,7,16H,5-6,15H2. The monoisotopic (exact) mass is 438 g/mol. The van der Waals surface area contributed by atoms with Gasteiger partial charge in [0.1, 0.15) is 0 Å². The number of hydrogen-bond donors (Lipinski definition) is 2. The second kappa shape index (κ2) is 6.57. The summed E-state index contributed by atoms with van der Waals surface area (Å²) in [6.07, 6.45) is 0.648. The first kappa shape index (κ1) is 16.0. The fraction of sp³-hybridized carbons (Fsp3) is 0.167. The summed E-state index contributed by atoms with van der Waals surface area (Å²) >= 11 is 8.20. The van der Waals surface area contributed by atoms with Crippen LogP contribution >= 0.6 is 43.2 Å². The van der Waals surface area contributed by atoms with E-state index in [1.54, 1.807) is 23.5 Å². The van der Waals surface area contributed by atoms with Crippen molar-refractivity contribution in [2.24, 2.45) is 0 Å². The molecule has 0 saturated carbocycles. The summed E-state index contributed by atoms with van der Waals surface area (Å²) in [5.41, 5.74) is 6.04. The number of nitrogens with two attached hydrogens (primary N) is 1. The lowest BCUT2D eigenvalue weighted by molar-refractivity contribution is 0.581. The van der Waals surface area contributed by atoms with Crippen LogP contribution in [0.5, 0.6) is 0 Å². The number of sulfonamides is 1. The Morgan fingerprint density at radius 1 is 1.20 bits per heavy atom. The topological polar surface area (TPSA) is 72.2 Å². The summed E-state index contributed by atoms with van der Waals surface area (Å²) in [5.74, 6) is 0. The Balaban J connectivity index is 2.06. The van der Waals surface area contributed by atoms with E-state index in [0.29, 0.717) is 23.1 Å². The molecule has 0 aliphatic rings. The fourth-order valence-corrected chi connectivity index (χ4v) is 5.11. The molecule has 1 aromatic carbocycles. The Bertz CT molecular complexity index is 714. The molecule has 0 saturated heterocycles. The van der Waals surface area contributed by atoms with Gasteiger partial charge >= 0.3 is 0 Å². The molecule has 2 rings (SSSR count). The first-order chi connectivity index (χ1) is 9.38. The minimum absolute atomic E-state index is 0.157. The van der Waals surface area contributed by atoms with E-state index in [1.807, 2.05) is 12.1 Å². The van der Waals surface area contributed by atoms with E-state index in [0.717, 1.165) is 8.66 Å². The van der Waals surface area contributed by atoms with Gasteiger partial charge in [0.25, 0.3) is 0 Å². The molecule has 0 atom stereocenters. The molecule has 1 aromatic heterocycles. The number of halogens is 2. The summed E-state index contributed by atoms with van der Waals surface area (Å²) in [7, 11) is -3.56. The Labute approximate surface area is 138 Å². The average molecular weight is 440 g/mol. The van der Waals surface area contributed by atoms with Crippen LogP contribution in [0.4, 0.5) is 5.69 Å². The molecule has 3 N–H and O–H groups in total. The Hall–Kier alpha value is -0.410. The first-order valence-electron chi connectivity index (χ1n) is 5.67. The van der Waals surface area contributed by atoms with E-state index >= 15 is 0 Å². The molecule has 0 bridgehead atoms. The van der Waals surface area contributed by atoms with E-state index in [1.165, 1.54) is 6.07 Å². The van der Waals surface area contributed by atoms with Gasteiger partial charge in [0, 0.05) is 21.6 Å². The van der Waals surface area contributed by atoms with E-state index in [-0.39, 0.29) is 4.90 Å². The maximum atomic E-state index is 12.2. The minimum Gasteiger partial charge on any atom is -0.399 e. The highest BCUT2D eigenvalue weighted by molar-refractivity contribution is 9.11. The predicted octanol–water partition coefficient (Wildman–Crippen LogP) is 3.38. The van der Waals surface area contributed by atoms with Crippen molar-refractivity contribution >= 4 is 58.9 Å². The normalized spacial score (nSPS) is 11.7. The Morgan fingerprint density at radius 3 is 2.60 bits per heavy atom. The summed E-state index contributed by atoms with van der Waals surface area (Å²) in [6, 6.07) is 8.63. The second-order valence-corrected chi connectivity index (χ2v) is 9.18. The number of hydrogen-bond acceptors (Lipinski definition) is 4. The number of anilines is 1. The molecule has 0 spiro atoms. The summed E-state index contributed by atoms with van der Waals surface area (Å²) in [5, 5.41) is 0. The van der Waals surface area contributed by atoms with Crippen molar-refractivity contribution in [2.75, 3.05) is 12.3 Å². The highest BCUT2D eigenvalue weighted by Gasteiger charge is 2.17. The average Bonchev–Trinajstić information content (AvgIpc) is 2.78. The quantitative estimate of drug-likeness (QED) is 0.701. The Kier molecular flexibility index (Phi) is 5.25. The van der Waals surface area contributed by atoms with Gasteiger partial charge in [0.15, 0.2) is 0 Å². The summed E-state index contributed by atoms with van der Waals surface area (Å²) < 4.78 is 28.5. The molecule has 2 aromatic rings. The van der Waals surface area contributed by atoms with Gasteiger partial charge in [-0.1, -0.05) is 0 Å². The molecular weight excluding hydrogens is 428 g/mol. The number of benzene rings is 1. The molecule has 0 amide bonds. The van der Waals surface area contributed by atoms with Gasteiger partial charge in [-0.05, 0) is 68.6 Å². The Morgan fingerprint density at radius 2 is 1.95 bits per heavy atom. The molecule has 0 fully saturated rings. The van der Waals surface area contributed by atoms with Gasteiger partial charge in [-0.15, -0.1) is 11.3 Å². The van der Waals surface area contributed by atoms with Crippen molar-refractivity contribution < 1.29 is 8.42 Å². The van der Waals surface area contributed by atoms with Crippen molar-refractivity contribution in [2.45, 2.75) is 11.3 Å². The van der Waals surface area contributed by atoms with Crippen LogP contribution in [0.2, 0.25) is 0 Å². The molecule has 0 aliphatic carbocycles. The first-order valence-corrected chi connectivity index (χ1v) is 9.56. The fourth-order valence-electron chi connectivity index (χ4n) is 1.60. The van der Waals surface area contributed by atoms with Crippen LogP contribution in [0, 0.1) is 0 Å². The third-order valence-corrected chi connectivity index (χ3v) is 6.68. The van der Waals surface area contributed by atoms with Gasteiger partial charge in [-0.3, -0.25) is 0 Å². The lowest BCUT2D eigenvalue weighted by atomic mass is 10.3. The smallest absolute Gasteiger partial charge is 0.241 e. The van der Waals surface area contributed by atoms with Crippen molar-refractivity contribution in [3.63, 3.8) is 0 Å². The molecular formula is C12H12Br2N2O2S2. The predicted molar refractivity (Wildman–Crippen MR) is 89.5 cm³/mol. The third kappa shape index (κ3) is 4.05. The number of nitrogen functional groups attached to an aromatic ring is 1. The molecule has 108 valence electrons. The van der Waals surface area contributed by atoms with Crippen LogP contribution in [0.1, 0.15) is 4.88 Å². The van der Waals surface area contributed by atoms with Gasteiger partial charge in [0.05, 0.1) is 8.68 Å². The van der Waals surface area contributed by atoms with E-state index in [4.69, 9.17) is 5.73 Å². The largest absolute Gasteiger partial charge is 0.399 e. The lowest BCUT2D eigenvalue weighted by Crippen LogP contribution is -2.26. The van der Waals surface area contributed by atoms with Crippen molar-refractivity contribution in [3.05, 3.63) is 43.5 Å². The van der Waals surface area contributed by atoms with E-state index in [9.17, 15) is 8.42 Å². The SMILES string of the molecule is Nc1ccc(Br)c(S(=O)(=O)NCCc2ccc(Br)s2)c1. The third-order valence-electron chi connectivity index (χ3n) is 2.54. The molecule has 0 radical (unpaired) electrons. The van der Waals surface area contributed by atoms with E-state index < -0.39 is 10.0 Å². The molecule has 0 unspecified atom stereocenters. The highest BCUT2D eigenvalue weighted by Crippen LogP contribution is 2.25. The summed E-state index contributed by atoms with van der Waals surface area (Å²) in [4.78, 5) is 1.27. The van der Waals surface area contributed by atoms with Crippen LogP contribution in [0.3, 0.4) is 0 Å². The molecule has 4 nitrogen and oxygen atoms in total. The minimum atomic E-state index is -3.56. The van der Waals surface area contributed by atoms with Crippen molar-refractivity contribution in [1.29, 1.82) is 0 Å². The molecule has 8 heteroatoms. The van der Waals surface area contributed by atoms with Gasteiger partial charge < -0.3 is 5.73 Å². The zero-order chi connectivity index (χ0) is 14.8. The second-order valence-electron chi connectivity index (χ2n) is 4.04. The van der Waals surface area contributed by atoms with Gasteiger partial charge in [-0.25, -0.2) is 13.1 Å². The number of rotatable bonds is 5. The van der Waals surface area contributed by atoms with Crippen LogP contribution in [-0.4, -0.2) is 15.0 Å². The maximum Gasteiger partial charge on any atom is 0.241 e. The molecule has 0 aliphatic heterocycles. The van der Waals surface area contributed by atoms with Gasteiger partial charge in [0.2, 0.25) is 10.0 Å². The maximum absolute atomic E-state index is 12.2.